The van der Waals surface area contributed by atoms with E-state index in [1.807, 2.05) is 39.6 Å². The minimum absolute atomic E-state index is 0.0147. The second-order valence-electron chi connectivity index (χ2n) is 9.68. The molecule has 0 aliphatic rings. The minimum atomic E-state index is -0.750. The van der Waals surface area contributed by atoms with E-state index >= 15 is 0 Å². The van der Waals surface area contributed by atoms with Crippen LogP contribution in [0, 0.1) is 5.41 Å². The van der Waals surface area contributed by atoms with Crippen LogP contribution in [0.3, 0.4) is 0 Å². The summed E-state index contributed by atoms with van der Waals surface area (Å²) in [5, 5.41) is 3.02. The highest BCUT2D eigenvalue weighted by molar-refractivity contribution is 8.00. The van der Waals surface area contributed by atoms with Crippen molar-refractivity contribution in [1.29, 1.82) is 0 Å². The summed E-state index contributed by atoms with van der Waals surface area (Å²) >= 11 is 1.89. The smallest absolute Gasteiger partial charge is 0.245 e. The number of likely N-dealkylation sites (N-methyl/N-ethyl adjacent to an activating group) is 3. The van der Waals surface area contributed by atoms with Gasteiger partial charge in [-0.1, -0.05) is 41.5 Å². The normalized spacial score (nSPS) is 13.1. The topological polar surface area (TPSA) is 69.7 Å². The van der Waals surface area contributed by atoms with Crippen LogP contribution in [0.4, 0.5) is 0 Å². The zero-order valence-corrected chi connectivity index (χ0v) is 20.9. The number of carbonyl (C=O) groups is 3. The van der Waals surface area contributed by atoms with Gasteiger partial charge in [0, 0.05) is 50.2 Å². The van der Waals surface area contributed by atoms with Gasteiger partial charge in [-0.05, 0) is 25.6 Å². The minimum Gasteiger partial charge on any atom is -0.343 e. The molecule has 2 amide bonds. The molecule has 0 aliphatic carbocycles. The first-order chi connectivity index (χ1) is 13.2. The average Bonchev–Trinajstić information content (AvgIpc) is 2.60. The van der Waals surface area contributed by atoms with Crippen LogP contribution < -0.4 is 5.32 Å². The number of Topliss-reactive ketones (excluding diaryl/α,β-unsaturated/α-hetero) is 1. The number of thioether (sulfide) groups is 1. The predicted molar refractivity (Wildman–Crippen MR) is 123 cm³/mol. The van der Waals surface area contributed by atoms with Crippen molar-refractivity contribution in [2.24, 2.45) is 5.41 Å². The summed E-state index contributed by atoms with van der Waals surface area (Å²) in [6, 6.07) is -0.750. The fourth-order valence-electron chi connectivity index (χ4n) is 2.62. The molecule has 6 nitrogen and oxygen atoms in total. The zero-order chi connectivity index (χ0) is 22.8. The largest absolute Gasteiger partial charge is 0.343 e. The Labute approximate surface area is 182 Å². The van der Waals surface area contributed by atoms with Crippen LogP contribution in [0.1, 0.15) is 67.2 Å². The van der Waals surface area contributed by atoms with Crippen LogP contribution in [0.25, 0.3) is 0 Å². The number of ketones is 1. The summed E-state index contributed by atoms with van der Waals surface area (Å²) in [5.74, 6) is 0.738. The lowest BCUT2D eigenvalue weighted by molar-refractivity contribution is -0.146. The second kappa shape index (κ2) is 12.6. The lowest BCUT2D eigenvalue weighted by atomic mass is 9.86. The Balaban J connectivity index is 5.02. The number of nitrogens with zero attached hydrogens (tertiary/aromatic N) is 2. The van der Waals surface area contributed by atoms with Crippen LogP contribution in [0.15, 0.2) is 0 Å². The van der Waals surface area contributed by atoms with E-state index in [1.54, 1.807) is 19.0 Å². The summed E-state index contributed by atoms with van der Waals surface area (Å²) < 4.78 is 0.226. The Hall–Kier alpha value is -1.08. The molecule has 170 valence electrons. The van der Waals surface area contributed by atoms with Gasteiger partial charge in [0.05, 0.1) is 0 Å². The highest BCUT2D eigenvalue weighted by atomic mass is 32.2. The third-order valence-corrected chi connectivity index (χ3v) is 6.11. The molecule has 0 aromatic heterocycles. The molecule has 29 heavy (non-hydrogen) atoms. The van der Waals surface area contributed by atoms with Gasteiger partial charge in [0.15, 0.2) is 0 Å². The van der Waals surface area contributed by atoms with Crippen molar-refractivity contribution < 1.29 is 14.4 Å². The van der Waals surface area contributed by atoms with Crippen molar-refractivity contribution in [2.75, 3.05) is 40.0 Å². The Kier molecular flexibility index (Phi) is 12.1. The molecule has 0 heterocycles. The predicted octanol–water partition coefficient (Wildman–Crippen LogP) is 3.20. The van der Waals surface area contributed by atoms with Crippen molar-refractivity contribution >= 4 is 29.4 Å². The molecule has 0 saturated carbocycles. The number of hydrogen-bond donors (Lipinski definition) is 1. The van der Waals surface area contributed by atoms with E-state index in [2.05, 4.69) is 26.1 Å². The Morgan fingerprint density at radius 1 is 1.00 bits per heavy atom. The fourth-order valence-corrected chi connectivity index (χ4v) is 3.58. The molecule has 0 radical (unpaired) electrons. The van der Waals surface area contributed by atoms with Gasteiger partial charge < -0.3 is 15.1 Å². The summed E-state index contributed by atoms with van der Waals surface area (Å²) in [7, 11) is 5.19. The molecular formula is C22H43N3O3S. The first-order valence-corrected chi connectivity index (χ1v) is 11.5. The lowest BCUT2D eigenvalue weighted by Crippen LogP contribution is -2.51. The Morgan fingerprint density at radius 3 is 2.07 bits per heavy atom. The zero-order valence-electron chi connectivity index (χ0n) is 20.1. The quantitative estimate of drug-likeness (QED) is 0.483. The molecule has 0 aromatic carbocycles. The van der Waals surface area contributed by atoms with Gasteiger partial charge in [-0.2, -0.15) is 11.8 Å². The number of rotatable bonds is 12. The van der Waals surface area contributed by atoms with E-state index in [0.29, 0.717) is 19.5 Å². The van der Waals surface area contributed by atoms with Crippen molar-refractivity contribution in [3.8, 4) is 0 Å². The molecule has 0 aliphatic heterocycles. The number of nitrogens with one attached hydrogen (secondary N) is 1. The second-order valence-corrected chi connectivity index (χ2v) is 11.6. The molecular weight excluding hydrogens is 386 g/mol. The molecule has 1 atom stereocenters. The van der Waals surface area contributed by atoms with Gasteiger partial charge in [-0.3, -0.25) is 14.4 Å². The maximum Gasteiger partial charge on any atom is 0.245 e. The van der Waals surface area contributed by atoms with Crippen molar-refractivity contribution in [1.82, 2.24) is 15.1 Å². The number of unbranched alkanes of at least 4 members (excludes halogenated alkanes) is 1. The first-order valence-electron chi connectivity index (χ1n) is 10.5. The SMILES string of the molecule is CNCCN(C)C(=O)C(CC(=O)C(C)(C)C)N(C)C(=O)CCCCSC(C)(C)C. The van der Waals surface area contributed by atoms with Crippen LogP contribution in [0.5, 0.6) is 0 Å². The highest BCUT2D eigenvalue weighted by Crippen LogP contribution is 2.24. The monoisotopic (exact) mass is 429 g/mol. The standard InChI is InChI=1S/C22H43N3O3S/c1-21(2,3)18(26)16-17(20(28)24(8)14-13-23-7)25(9)19(27)12-10-11-15-29-22(4,5)6/h17,23H,10-16H2,1-9H3. The molecule has 0 saturated heterocycles. The summed E-state index contributed by atoms with van der Waals surface area (Å²) in [4.78, 5) is 41.4. The van der Waals surface area contributed by atoms with Crippen LogP contribution in [0.2, 0.25) is 0 Å². The number of carbonyl (C=O) groups excluding carboxylic acids is 3. The number of hydrogen-bond acceptors (Lipinski definition) is 5. The third kappa shape index (κ3) is 11.6. The molecule has 0 spiro atoms. The molecule has 1 unspecified atom stereocenters. The van der Waals surface area contributed by atoms with Crippen molar-refractivity contribution in [2.45, 2.75) is 78.0 Å². The summed E-state index contributed by atoms with van der Waals surface area (Å²) in [5.41, 5.74) is -0.545. The van der Waals surface area contributed by atoms with Crippen molar-refractivity contribution in [3.63, 3.8) is 0 Å². The molecule has 0 fully saturated rings. The van der Waals surface area contributed by atoms with E-state index in [9.17, 15) is 14.4 Å². The van der Waals surface area contributed by atoms with E-state index in [-0.39, 0.29) is 28.8 Å². The van der Waals surface area contributed by atoms with Gasteiger partial charge in [-0.15, -0.1) is 0 Å². The van der Waals surface area contributed by atoms with Crippen LogP contribution in [-0.2, 0) is 14.4 Å². The van der Waals surface area contributed by atoms with Gasteiger partial charge in [-0.25, -0.2) is 0 Å². The van der Waals surface area contributed by atoms with Crippen molar-refractivity contribution in [3.05, 3.63) is 0 Å². The average molecular weight is 430 g/mol. The van der Waals surface area contributed by atoms with E-state index in [4.69, 9.17) is 0 Å². The Morgan fingerprint density at radius 2 is 1.59 bits per heavy atom. The summed E-state index contributed by atoms with van der Waals surface area (Å²) in [6.45, 7) is 13.3. The molecule has 0 bridgehead atoms. The van der Waals surface area contributed by atoms with E-state index in [1.165, 1.54) is 4.90 Å². The van der Waals surface area contributed by atoms with E-state index < -0.39 is 11.5 Å². The molecule has 0 aromatic rings. The first kappa shape index (κ1) is 27.9. The van der Waals surface area contributed by atoms with Gasteiger partial charge in [0.25, 0.3) is 0 Å². The van der Waals surface area contributed by atoms with Crippen LogP contribution in [-0.4, -0.2) is 78.2 Å². The van der Waals surface area contributed by atoms with Crippen LogP contribution >= 0.6 is 11.8 Å². The van der Waals surface area contributed by atoms with E-state index in [0.717, 1.165) is 18.6 Å². The maximum atomic E-state index is 13.0. The molecule has 7 heteroatoms. The lowest BCUT2D eigenvalue weighted by Gasteiger charge is -2.32. The van der Waals surface area contributed by atoms with Gasteiger partial charge in [0.2, 0.25) is 11.8 Å². The maximum absolute atomic E-state index is 13.0. The molecule has 1 N–H and O–H groups in total. The third-order valence-electron chi connectivity index (χ3n) is 4.75. The van der Waals surface area contributed by atoms with Gasteiger partial charge in [0.1, 0.15) is 11.8 Å². The van der Waals surface area contributed by atoms with Gasteiger partial charge >= 0.3 is 0 Å². The Bertz CT molecular complexity index is 538. The summed E-state index contributed by atoms with van der Waals surface area (Å²) in [6.07, 6.45) is 2.20. The fraction of sp³-hybridized carbons (Fsp3) is 0.864. The highest BCUT2D eigenvalue weighted by Gasteiger charge is 2.34. The molecule has 0 rings (SSSR count). The number of amides is 2.